The Morgan fingerprint density at radius 3 is 2.10 bits per heavy atom. The first kappa shape index (κ1) is 60.7. The number of piperidine rings is 1. The van der Waals surface area contributed by atoms with Gasteiger partial charge in [0, 0.05) is 73.9 Å². The second kappa shape index (κ2) is 30.6. The predicted octanol–water partition coefficient (Wildman–Crippen LogP) is -0.335. The van der Waals surface area contributed by atoms with Crippen molar-refractivity contribution in [2.45, 2.75) is 76.5 Å². The zero-order chi connectivity index (χ0) is 57.6. The Hall–Kier alpha value is -8.55. The minimum Gasteiger partial charge on any atom is -0.380 e. The first-order valence-corrected chi connectivity index (χ1v) is 26.4. The summed E-state index contributed by atoms with van der Waals surface area (Å²) in [5.74, 6) is -6.59. The molecule has 3 heterocycles. The van der Waals surface area contributed by atoms with Gasteiger partial charge in [-0.2, -0.15) is 0 Å². The fourth-order valence-electron chi connectivity index (χ4n) is 8.64. The van der Waals surface area contributed by atoms with Crippen LogP contribution in [0.1, 0.15) is 71.1 Å². The summed E-state index contributed by atoms with van der Waals surface area (Å²) in [5, 5.41) is 23.6. The van der Waals surface area contributed by atoms with E-state index in [1.165, 1.54) is 17.1 Å². The lowest BCUT2D eigenvalue weighted by molar-refractivity contribution is -0.153. The number of hydrogen-bond acceptors (Lipinski definition) is 14. The smallest absolute Gasteiger partial charge is 0.319 e. The highest BCUT2D eigenvalue weighted by atomic mass is 35.5. The van der Waals surface area contributed by atoms with Crippen LogP contribution in [0.3, 0.4) is 0 Å². The molecule has 0 radical (unpaired) electrons. The maximum atomic E-state index is 13.7. The average Bonchev–Trinajstić information content (AvgIpc) is 4.00. The lowest BCUT2D eigenvalue weighted by Gasteiger charge is -2.35. The van der Waals surface area contributed by atoms with Crippen LogP contribution in [0.2, 0.25) is 5.02 Å². The van der Waals surface area contributed by atoms with E-state index in [0.717, 1.165) is 21.9 Å². The maximum Gasteiger partial charge on any atom is 0.319 e. The number of halogens is 1. The number of ether oxygens (including phenoxy) is 1. The van der Waals surface area contributed by atoms with Crippen LogP contribution < -0.4 is 47.9 Å². The van der Waals surface area contributed by atoms with Crippen LogP contribution in [0.4, 0.5) is 10.5 Å². The summed E-state index contributed by atoms with van der Waals surface area (Å²) >= 11 is 6.44. The highest BCUT2D eigenvalue weighted by molar-refractivity contribution is 6.31. The second-order valence-electron chi connectivity index (χ2n) is 18.8. The number of amides is 13. The fourth-order valence-corrected chi connectivity index (χ4v) is 8.91. The number of rotatable bonds is 30. The van der Waals surface area contributed by atoms with Gasteiger partial charge in [-0.15, -0.1) is 0 Å². The van der Waals surface area contributed by atoms with E-state index in [-0.39, 0.29) is 57.1 Å². The molecule has 1 unspecified atom stereocenters. The van der Waals surface area contributed by atoms with Crippen molar-refractivity contribution in [1.29, 1.82) is 0 Å². The van der Waals surface area contributed by atoms with E-state index < -0.39 is 104 Å². The molecule has 26 heteroatoms. The summed E-state index contributed by atoms with van der Waals surface area (Å²) in [6.45, 7) is -0.469. The minimum absolute atomic E-state index is 0.00516. The molecular formula is C54H65ClN12O13. The molecule has 0 bridgehead atoms. The van der Waals surface area contributed by atoms with E-state index in [9.17, 15) is 57.5 Å². The molecule has 426 valence electrons. The van der Waals surface area contributed by atoms with Crippen molar-refractivity contribution in [3.63, 3.8) is 0 Å². The number of nitrogens with zero attached hydrogens (tertiary/aromatic N) is 3. The standard InChI is InChI=1S/C54H65ClN12O13/c1-56-20-23-80-22-19-36-12-13-38(26-40(36)55)63-54(79)61-27-35-11-14-39-37(24-35)32-66(52(39)77)42-15-16-50(75)67(53(42)78)33-62-46(71)29-58-45(70)30-60-51(76)41(25-34-8-4-2-5-9-34)64-47(72)31-59-44(69)28-57-43(68)10-6-3-7-21-65-48(73)17-18-49(65)74/h2,4-5,8-9,11-14,17-18,24,26,41-42,56H,3,6-7,10,15-16,19-23,25,27-33H2,1H3,(H,57,68)(H,58,70)(H,59,69)(H,60,76)(H,62,71)(H,64,72)(H2,61,63,79)/t41-,42?/m0/s1. The fraction of sp³-hybridized carbons (Fsp3) is 0.407. The van der Waals surface area contributed by atoms with Crippen molar-refractivity contribution in [1.82, 2.24) is 57.2 Å². The van der Waals surface area contributed by atoms with Gasteiger partial charge in [0.1, 0.15) is 18.8 Å². The first-order chi connectivity index (χ1) is 38.5. The summed E-state index contributed by atoms with van der Waals surface area (Å²) in [6, 6.07) is 16.2. The number of hydrogen-bond donors (Lipinski definition) is 9. The van der Waals surface area contributed by atoms with Gasteiger partial charge in [-0.3, -0.25) is 62.5 Å². The molecule has 1 fully saturated rings. The van der Waals surface area contributed by atoms with Crippen molar-refractivity contribution in [2.75, 3.05) is 71.5 Å². The van der Waals surface area contributed by atoms with Crippen LogP contribution in [-0.2, 0) is 78.6 Å². The Balaban J connectivity index is 0.881. The quantitative estimate of drug-likeness (QED) is 0.0305. The molecule has 13 amide bonds. The molecule has 25 nitrogen and oxygen atoms in total. The molecular weight excluding hydrogens is 1060 g/mol. The minimum atomic E-state index is -1.20. The van der Waals surface area contributed by atoms with Crippen molar-refractivity contribution in [3.05, 3.63) is 112 Å². The highest BCUT2D eigenvalue weighted by Crippen LogP contribution is 2.30. The van der Waals surface area contributed by atoms with Gasteiger partial charge >= 0.3 is 6.03 Å². The first-order valence-electron chi connectivity index (χ1n) is 26.0. The Bertz CT molecular complexity index is 2830. The zero-order valence-corrected chi connectivity index (χ0v) is 44.9. The number of likely N-dealkylation sites (tertiary alicyclic amines) is 1. The molecule has 3 aromatic carbocycles. The third-order valence-corrected chi connectivity index (χ3v) is 13.3. The number of likely N-dealkylation sites (N-methyl/N-ethyl adjacent to an activating group) is 1. The number of imide groups is 2. The largest absolute Gasteiger partial charge is 0.380 e. The monoisotopic (exact) mass is 1120 g/mol. The molecule has 0 spiro atoms. The van der Waals surface area contributed by atoms with Crippen molar-refractivity contribution in [2.24, 2.45) is 0 Å². The van der Waals surface area contributed by atoms with Crippen LogP contribution >= 0.6 is 11.6 Å². The van der Waals surface area contributed by atoms with Crippen LogP contribution in [0, 0.1) is 0 Å². The predicted molar refractivity (Wildman–Crippen MR) is 288 cm³/mol. The highest BCUT2D eigenvalue weighted by Gasteiger charge is 2.43. The molecule has 3 aliphatic heterocycles. The molecule has 9 N–H and O–H groups in total. The van der Waals surface area contributed by atoms with Gasteiger partial charge in [0.05, 0.1) is 39.4 Å². The summed E-state index contributed by atoms with van der Waals surface area (Å²) < 4.78 is 5.56. The summed E-state index contributed by atoms with van der Waals surface area (Å²) in [6.07, 6.45) is 4.61. The topological polar surface area (TPSA) is 332 Å². The number of unbranched alkanes of at least 4 members (excludes halogenated alkanes) is 2. The van der Waals surface area contributed by atoms with Crippen LogP contribution in [0.5, 0.6) is 0 Å². The molecule has 80 heavy (non-hydrogen) atoms. The Labute approximate surface area is 466 Å². The normalized spacial score (nSPS) is 15.1. The molecule has 2 atom stereocenters. The number of fused-ring (bicyclic) bond motifs is 1. The molecule has 0 aliphatic carbocycles. The lowest BCUT2D eigenvalue weighted by atomic mass is 10.0. The van der Waals surface area contributed by atoms with E-state index in [1.807, 2.05) is 13.1 Å². The van der Waals surface area contributed by atoms with Crippen LogP contribution in [0.25, 0.3) is 0 Å². The van der Waals surface area contributed by atoms with Crippen molar-refractivity contribution >= 4 is 88.3 Å². The third kappa shape index (κ3) is 18.5. The van der Waals surface area contributed by atoms with E-state index >= 15 is 0 Å². The van der Waals surface area contributed by atoms with Crippen molar-refractivity contribution < 1.29 is 62.3 Å². The van der Waals surface area contributed by atoms with Gasteiger partial charge < -0.3 is 57.5 Å². The number of nitrogens with one attached hydrogen (secondary N) is 9. The molecule has 1 saturated heterocycles. The summed E-state index contributed by atoms with van der Waals surface area (Å²) in [4.78, 5) is 156. The van der Waals surface area contributed by atoms with Gasteiger partial charge in [0.2, 0.25) is 41.4 Å². The number of carbonyl (C=O) groups is 12. The van der Waals surface area contributed by atoms with E-state index in [1.54, 1.807) is 60.7 Å². The second-order valence-corrected chi connectivity index (χ2v) is 19.2. The molecule has 6 rings (SSSR count). The van der Waals surface area contributed by atoms with Crippen LogP contribution in [0.15, 0.2) is 78.9 Å². The number of carbonyl (C=O) groups excluding carboxylic acids is 12. The van der Waals surface area contributed by atoms with E-state index in [0.29, 0.717) is 71.9 Å². The van der Waals surface area contributed by atoms with Gasteiger partial charge in [0.25, 0.3) is 23.6 Å². The van der Waals surface area contributed by atoms with Crippen molar-refractivity contribution in [3.8, 4) is 0 Å². The Kier molecular flexibility index (Phi) is 23.2. The molecule has 0 saturated carbocycles. The number of benzene rings is 3. The average molecular weight is 1130 g/mol. The molecule has 0 aromatic heterocycles. The van der Waals surface area contributed by atoms with Gasteiger partial charge in [-0.05, 0) is 73.2 Å². The number of anilines is 1. The Morgan fingerprint density at radius 2 is 1.39 bits per heavy atom. The van der Waals surface area contributed by atoms with E-state index in [4.69, 9.17) is 16.3 Å². The third-order valence-electron chi connectivity index (χ3n) is 13.0. The van der Waals surface area contributed by atoms with E-state index in [2.05, 4.69) is 47.9 Å². The summed E-state index contributed by atoms with van der Waals surface area (Å²) in [5.41, 5.74) is 3.72. The summed E-state index contributed by atoms with van der Waals surface area (Å²) in [7, 11) is 1.84. The molecule has 3 aliphatic rings. The SMILES string of the molecule is CNCCOCCc1ccc(NC(=O)NCc2ccc3c(c2)CN(C2CCC(=O)N(CNC(=O)CNC(=O)CNC(=O)[C@H](Cc4ccccc4)NC(=O)CNC(=O)CNC(=O)CCCCCN4C(=O)C=CC4=O)C2=O)C3=O)cc1Cl. The van der Waals surface area contributed by atoms with Crippen LogP contribution in [-0.4, -0.2) is 164 Å². The van der Waals surface area contributed by atoms with Gasteiger partial charge in [-0.25, -0.2) is 4.79 Å². The molecule has 3 aromatic rings. The number of urea groups is 1. The van der Waals surface area contributed by atoms with Gasteiger partial charge in [-0.1, -0.05) is 66.6 Å². The Morgan fingerprint density at radius 1 is 0.700 bits per heavy atom. The maximum absolute atomic E-state index is 13.7. The van der Waals surface area contributed by atoms with Gasteiger partial charge in [0.15, 0.2) is 0 Å². The lowest BCUT2D eigenvalue weighted by Crippen LogP contribution is -2.57. The zero-order valence-electron chi connectivity index (χ0n) is 44.1.